The zero-order valence-electron chi connectivity index (χ0n) is 17.1. The number of carbonyl (C=O) groups is 1. The summed E-state index contributed by atoms with van der Waals surface area (Å²) in [6, 6.07) is 13.9. The number of benzene rings is 3. The number of phenolic OH excluding ortho intramolecular Hbond substituents is 1. The monoisotopic (exact) mass is 577 g/mol. The summed E-state index contributed by atoms with van der Waals surface area (Å²) >= 11 is 6.69. The van der Waals surface area contributed by atoms with Crippen LogP contribution >= 0.6 is 31.9 Å². The van der Waals surface area contributed by atoms with Gasteiger partial charge in [-0.25, -0.2) is 5.43 Å². The minimum atomic E-state index is -0.570. The highest BCUT2D eigenvalue weighted by Crippen LogP contribution is 2.37. The maximum Gasteiger partial charge on any atom is 0.275 e. The Morgan fingerprint density at radius 1 is 1.18 bits per heavy atom. The summed E-state index contributed by atoms with van der Waals surface area (Å²) in [6.07, 6.45) is 1.42. The van der Waals surface area contributed by atoms with Gasteiger partial charge >= 0.3 is 0 Å². The first kappa shape index (κ1) is 24.2. The van der Waals surface area contributed by atoms with Crippen LogP contribution in [0.5, 0.6) is 17.2 Å². The third-order valence-electron chi connectivity index (χ3n) is 4.37. The molecule has 0 aliphatic carbocycles. The van der Waals surface area contributed by atoms with Crippen LogP contribution in [0.4, 0.5) is 5.69 Å². The van der Waals surface area contributed by atoms with Gasteiger partial charge in [-0.05, 0) is 69.5 Å². The summed E-state index contributed by atoms with van der Waals surface area (Å²) in [5.41, 5.74) is 3.80. The van der Waals surface area contributed by atoms with Gasteiger partial charge in [0.15, 0.2) is 11.5 Å². The van der Waals surface area contributed by atoms with Crippen molar-refractivity contribution in [3.05, 3.63) is 90.3 Å². The van der Waals surface area contributed by atoms with Gasteiger partial charge in [0.1, 0.15) is 12.4 Å². The highest BCUT2D eigenvalue weighted by atomic mass is 79.9. The number of amides is 1. The molecule has 3 rings (SSSR count). The molecule has 3 aromatic rings. The van der Waals surface area contributed by atoms with Crippen molar-refractivity contribution in [1.29, 1.82) is 0 Å². The Morgan fingerprint density at radius 2 is 1.91 bits per heavy atom. The number of phenols is 1. The third-order valence-corrected chi connectivity index (χ3v) is 5.45. The molecule has 0 radical (unpaired) electrons. The van der Waals surface area contributed by atoms with Crippen molar-refractivity contribution in [3.8, 4) is 17.2 Å². The molecule has 0 spiro atoms. The number of nitro groups is 1. The summed E-state index contributed by atoms with van der Waals surface area (Å²) in [7, 11) is 1.49. The molecule has 0 aliphatic heterocycles. The average Bonchev–Trinajstić information content (AvgIpc) is 2.79. The van der Waals surface area contributed by atoms with Crippen LogP contribution in [0.3, 0.4) is 0 Å². The summed E-state index contributed by atoms with van der Waals surface area (Å²) in [4.78, 5) is 22.5. The summed E-state index contributed by atoms with van der Waals surface area (Å²) < 4.78 is 12.5. The lowest BCUT2D eigenvalue weighted by Crippen LogP contribution is -2.17. The van der Waals surface area contributed by atoms with Crippen molar-refractivity contribution in [2.24, 2.45) is 5.10 Å². The molecule has 33 heavy (non-hydrogen) atoms. The van der Waals surface area contributed by atoms with E-state index in [9.17, 15) is 20.0 Å². The second kappa shape index (κ2) is 10.9. The molecule has 11 heteroatoms. The van der Waals surface area contributed by atoms with Gasteiger partial charge in [-0.1, -0.05) is 15.9 Å². The number of nitrogens with zero attached hydrogens (tertiary/aromatic N) is 2. The number of hydrazone groups is 1. The average molecular weight is 579 g/mol. The second-order valence-corrected chi connectivity index (χ2v) is 8.38. The summed E-state index contributed by atoms with van der Waals surface area (Å²) in [5, 5.41) is 24.5. The highest BCUT2D eigenvalue weighted by Gasteiger charge is 2.13. The molecular formula is C22H17Br2N3O6. The molecule has 3 aromatic carbocycles. The molecule has 0 aromatic heterocycles. The molecule has 0 heterocycles. The van der Waals surface area contributed by atoms with Crippen LogP contribution < -0.4 is 14.9 Å². The van der Waals surface area contributed by atoms with Crippen molar-refractivity contribution in [2.75, 3.05) is 7.11 Å². The number of hydrogen-bond acceptors (Lipinski definition) is 7. The number of nitro benzene ring substituents is 1. The standard InChI is InChI=1S/C22H17Br2N3O6/c1-32-20-9-14(11-25-26-22(29)17-10-15(23)4-7-19(17)28)8-18(24)21(20)33-12-13-2-5-16(6-3-13)27(30)31/h2-11,28H,12H2,1H3,(H,26,29)/b25-11+. The Morgan fingerprint density at radius 3 is 2.58 bits per heavy atom. The van der Waals surface area contributed by atoms with Crippen molar-refractivity contribution < 1.29 is 24.3 Å². The molecule has 0 fully saturated rings. The Hall–Kier alpha value is -3.44. The van der Waals surface area contributed by atoms with Crippen LogP contribution in [0.15, 0.2) is 68.6 Å². The largest absolute Gasteiger partial charge is 0.507 e. The number of non-ortho nitro benzene ring substituents is 1. The molecule has 9 nitrogen and oxygen atoms in total. The van der Waals surface area contributed by atoms with E-state index < -0.39 is 10.8 Å². The molecule has 0 aliphatic rings. The van der Waals surface area contributed by atoms with Gasteiger partial charge in [0, 0.05) is 16.6 Å². The molecule has 0 unspecified atom stereocenters. The van der Waals surface area contributed by atoms with Gasteiger partial charge in [0.25, 0.3) is 11.6 Å². The van der Waals surface area contributed by atoms with Crippen LogP contribution in [-0.2, 0) is 6.61 Å². The van der Waals surface area contributed by atoms with Gasteiger partial charge < -0.3 is 14.6 Å². The van der Waals surface area contributed by atoms with Gasteiger partial charge in [-0.2, -0.15) is 5.10 Å². The zero-order chi connectivity index (χ0) is 24.0. The molecule has 0 atom stereocenters. The van der Waals surface area contributed by atoms with E-state index in [1.165, 1.54) is 37.6 Å². The molecule has 1 amide bonds. The fraction of sp³-hybridized carbons (Fsp3) is 0.0909. The predicted molar refractivity (Wildman–Crippen MR) is 129 cm³/mol. The molecule has 0 saturated carbocycles. The fourth-order valence-electron chi connectivity index (χ4n) is 2.74. The van der Waals surface area contributed by atoms with Gasteiger partial charge in [0.2, 0.25) is 0 Å². The van der Waals surface area contributed by atoms with E-state index in [1.807, 2.05) is 0 Å². The highest BCUT2D eigenvalue weighted by molar-refractivity contribution is 9.10. The van der Waals surface area contributed by atoms with Crippen molar-refractivity contribution >= 4 is 49.7 Å². The maximum absolute atomic E-state index is 12.2. The first-order chi connectivity index (χ1) is 15.8. The Balaban J connectivity index is 1.69. The Bertz CT molecular complexity index is 1220. The fourth-order valence-corrected chi connectivity index (χ4v) is 3.67. The minimum absolute atomic E-state index is 0.00311. The number of methoxy groups -OCH3 is 1. The lowest BCUT2D eigenvalue weighted by Gasteiger charge is -2.13. The van der Waals surface area contributed by atoms with E-state index in [4.69, 9.17) is 9.47 Å². The number of ether oxygens (including phenoxy) is 2. The van der Waals surface area contributed by atoms with Crippen LogP contribution in [0.25, 0.3) is 0 Å². The Labute approximate surface area is 205 Å². The van der Waals surface area contributed by atoms with E-state index in [-0.39, 0.29) is 23.6 Å². The van der Waals surface area contributed by atoms with Crippen molar-refractivity contribution in [2.45, 2.75) is 6.61 Å². The quantitative estimate of drug-likeness (QED) is 0.216. The van der Waals surface area contributed by atoms with E-state index in [2.05, 4.69) is 42.4 Å². The first-order valence-electron chi connectivity index (χ1n) is 9.34. The normalized spacial score (nSPS) is 10.8. The van der Waals surface area contributed by atoms with Gasteiger partial charge in [0.05, 0.1) is 28.3 Å². The molecule has 0 saturated heterocycles. The summed E-state index contributed by atoms with van der Waals surface area (Å²) in [6.45, 7) is 0.173. The lowest BCUT2D eigenvalue weighted by molar-refractivity contribution is -0.384. The summed E-state index contributed by atoms with van der Waals surface area (Å²) in [5.74, 6) is 0.128. The van der Waals surface area contributed by atoms with E-state index in [0.29, 0.717) is 26.0 Å². The molecule has 170 valence electrons. The van der Waals surface area contributed by atoms with E-state index in [1.54, 1.807) is 30.3 Å². The minimum Gasteiger partial charge on any atom is -0.507 e. The first-order valence-corrected chi connectivity index (χ1v) is 10.9. The SMILES string of the molecule is COc1cc(/C=N/NC(=O)c2cc(Br)ccc2O)cc(Br)c1OCc1ccc([N+](=O)[O-])cc1. The number of aromatic hydroxyl groups is 1. The number of halogens is 2. The predicted octanol–water partition coefficient (Wildman–Crippen LogP) is 5.18. The number of rotatable bonds is 8. The number of carbonyl (C=O) groups excluding carboxylic acids is 1. The third kappa shape index (κ3) is 6.30. The van der Waals surface area contributed by atoms with Crippen LogP contribution in [0.1, 0.15) is 21.5 Å². The van der Waals surface area contributed by atoms with Gasteiger partial charge in [-0.3, -0.25) is 14.9 Å². The van der Waals surface area contributed by atoms with Crippen LogP contribution in [0, 0.1) is 10.1 Å². The molecular weight excluding hydrogens is 562 g/mol. The smallest absolute Gasteiger partial charge is 0.275 e. The Kier molecular flexibility index (Phi) is 8.01. The van der Waals surface area contributed by atoms with Crippen LogP contribution in [0.2, 0.25) is 0 Å². The topological polar surface area (TPSA) is 123 Å². The maximum atomic E-state index is 12.2. The van der Waals surface area contributed by atoms with Crippen molar-refractivity contribution in [3.63, 3.8) is 0 Å². The van der Waals surface area contributed by atoms with Gasteiger partial charge in [-0.15, -0.1) is 0 Å². The molecule has 0 bridgehead atoms. The molecule has 2 N–H and O–H groups in total. The second-order valence-electron chi connectivity index (χ2n) is 6.61. The number of nitrogens with one attached hydrogen (secondary N) is 1. The number of hydrogen-bond donors (Lipinski definition) is 2. The van der Waals surface area contributed by atoms with Crippen molar-refractivity contribution in [1.82, 2.24) is 5.43 Å². The lowest BCUT2D eigenvalue weighted by atomic mass is 10.2. The van der Waals surface area contributed by atoms with E-state index >= 15 is 0 Å². The van der Waals surface area contributed by atoms with E-state index in [0.717, 1.165) is 5.56 Å². The van der Waals surface area contributed by atoms with Crippen LogP contribution in [-0.4, -0.2) is 29.3 Å². The zero-order valence-corrected chi connectivity index (χ0v) is 20.3.